The topological polar surface area (TPSA) is 71.6 Å². The normalized spacial score (nSPS) is 19.3. The summed E-state index contributed by atoms with van der Waals surface area (Å²) in [7, 11) is 1.61. The summed E-state index contributed by atoms with van der Waals surface area (Å²) < 4.78 is 13.2. The molecule has 1 unspecified atom stereocenters. The van der Waals surface area contributed by atoms with Crippen LogP contribution in [0.1, 0.15) is 11.1 Å². The third-order valence-corrected chi connectivity index (χ3v) is 4.77. The molecule has 1 atom stereocenters. The fourth-order valence-corrected chi connectivity index (χ4v) is 3.33. The van der Waals surface area contributed by atoms with E-state index in [9.17, 15) is 9.18 Å². The molecular formula is C21H17FN4O. The van der Waals surface area contributed by atoms with Crippen molar-refractivity contribution in [2.45, 2.75) is 5.54 Å². The molecule has 2 N–H and O–H groups in total. The van der Waals surface area contributed by atoms with Gasteiger partial charge in [-0.3, -0.25) is 9.69 Å². The molecule has 2 aromatic carbocycles. The molecule has 0 saturated carbocycles. The zero-order chi connectivity index (χ0) is 19.0. The van der Waals surface area contributed by atoms with Crippen LogP contribution in [0.15, 0.2) is 77.9 Å². The van der Waals surface area contributed by atoms with Crippen molar-refractivity contribution in [2.24, 2.45) is 10.7 Å². The van der Waals surface area contributed by atoms with Gasteiger partial charge in [-0.25, -0.2) is 9.98 Å². The zero-order valence-corrected chi connectivity index (χ0v) is 14.6. The molecule has 1 aromatic heterocycles. The van der Waals surface area contributed by atoms with Crippen LogP contribution in [0.3, 0.4) is 0 Å². The van der Waals surface area contributed by atoms with Crippen LogP contribution in [0.4, 0.5) is 4.39 Å². The van der Waals surface area contributed by atoms with Crippen LogP contribution in [-0.2, 0) is 10.3 Å². The van der Waals surface area contributed by atoms with E-state index in [1.54, 1.807) is 13.1 Å². The molecule has 5 nitrogen and oxygen atoms in total. The number of amides is 1. The Hall–Kier alpha value is -3.54. The molecule has 1 aliphatic heterocycles. The van der Waals surface area contributed by atoms with Gasteiger partial charge in [0.25, 0.3) is 5.91 Å². The van der Waals surface area contributed by atoms with Gasteiger partial charge in [-0.15, -0.1) is 0 Å². The average Bonchev–Trinajstić information content (AvgIpc) is 2.94. The second kappa shape index (κ2) is 6.32. The van der Waals surface area contributed by atoms with E-state index in [1.165, 1.54) is 17.2 Å². The molecular weight excluding hydrogens is 343 g/mol. The van der Waals surface area contributed by atoms with Crippen LogP contribution in [0.5, 0.6) is 0 Å². The highest BCUT2D eigenvalue weighted by Crippen LogP contribution is 2.40. The van der Waals surface area contributed by atoms with E-state index >= 15 is 0 Å². The lowest BCUT2D eigenvalue weighted by atomic mass is 9.82. The Morgan fingerprint density at radius 3 is 2.33 bits per heavy atom. The van der Waals surface area contributed by atoms with Crippen molar-refractivity contribution in [3.63, 3.8) is 0 Å². The molecule has 6 heteroatoms. The van der Waals surface area contributed by atoms with Gasteiger partial charge < -0.3 is 5.73 Å². The molecule has 0 fully saturated rings. The Labute approximate surface area is 156 Å². The van der Waals surface area contributed by atoms with Crippen LogP contribution in [-0.4, -0.2) is 28.8 Å². The SMILES string of the molecule is CN1C(=O)C(c2ccccc2)(c2cccc(-c3ccc(F)nc3)c2)N=C1N. The third kappa shape index (κ3) is 2.66. The molecule has 0 aliphatic carbocycles. The van der Waals surface area contributed by atoms with Crippen molar-refractivity contribution < 1.29 is 9.18 Å². The molecule has 2 heterocycles. The number of carbonyl (C=O) groups excluding carboxylic acids is 1. The molecule has 0 saturated heterocycles. The summed E-state index contributed by atoms with van der Waals surface area (Å²) >= 11 is 0. The van der Waals surface area contributed by atoms with Crippen LogP contribution in [0, 0.1) is 5.95 Å². The van der Waals surface area contributed by atoms with Crippen LogP contribution in [0.25, 0.3) is 11.1 Å². The summed E-state index contributed by atoms with van der Waals surface area (Å²) in [6, 6.07) is 19.7. The van der Waals surface area contributed by atoms with Gasteiger partial charge in [-0.05, 0) is 34.9 Å². The van der Waals surface area contributed by atoms with E-state index in [2.05, 4.69) is 9.98 Å². The van der Waals surface area contributed by atoms with Crippen LogP contribution in [0.2, 0.25) is 0 Å². The number of halogens is 1. The Balaban J connectivity index is 1.92. The Kier molecular flexibility index (Phi) is 3.96. The van der Waals surface area contributed by atoms with Gasteiger partial charge in [-0.1, -0.05) is 48.5 Å². The van der Waals surface area contributed by atoms with Crippen molar-refractivity contribution >= 4 is 11.9 Å². The molecule has 0 spiro atoms. The molecule has 0 radical (unpaired) electrons. The monoisotopic (exact) mass is 360 g/mol. The fraction of sp³-hybridized carbons (Fsp3) is 0.0952. The molecule has 27 heavy (non-hydrogen) atoms. The maximum atomic E-state index is 13.2. The first-order chi connectivity index (χ1) is 13.0. The number of pyridine rings is 1. The second-order valence-corrected chi connectivity index (χ2v) is 6.36. The van der Waals surface area contributed by atoms with Crippen molar-refractivity contribution in [3.8, 4) is 11.1 Å². The van der Waals surface area contributed by atoms with Gasteiger partial charge in [0, 0.05) is 18.8 Å². The summed E-state index contributed by atoms with van der Waals surface area (Å²) in [5.74, 6) is -0.598. The van der Waals surface area contributed by atoms with E-state index in [0.717, 1.165) is 16.7 Å². The summed E-state index contributed by atoms with van der Waals surface area (Å²) in [4.78, 5) is 22.8. The van der Waals surface area contributed by atoms with Crippen molar-refractivity contribution in [3.05, 3.63) is 90.0 Å². The van der Waals surface area contributed by atoms with Crippen LogP contribution >= 0.6 is 0 Å². The summed E-state index contributed by atoms with van der Waals surface area (Å²) in [5, 5.41) is 0. The highest BCUT2D eigenvalue weighted by atomic mass is 19.1. The molecule has 0 bridgehead atoms. The summed E-state index contributed by atoms with van der Waals surface area (Å²) in [5.41, 5.74) is 7.72. The van der Waals surface area contributed by atoms with Gasteiger partial charge in [0.1, 0.15) is 0 Å². The highest BCUT2D eigenvalue weighted by Gasteiger charge is 2.49. The maximum Gasteiger partial charge on any atom is 0.266 e. The minimum absolute atomic E-state index is 0.165. The van der Waals surface area contributed by atoms with Gasteiger partial charge in [0.2, 0.25) is 5.95 Å². The lowest BCUT2D eigenvalue weighted by Gasteiger charge is -2.26. The minimum Gasteiger partial charge on any atom is -0.369 e. The summed E-state index contributed by atoms with van der Waals surface area (Å²) in [6.45, 7) is 0. The standard InChI is InChI=1S/C21H17FN4O/c1-26-19(27)21(25-20(26)23,16-7-3-2-4-8-16)17-9-5-6-14(12-17)15-10-11-18(22)24-13-15/h2-13H,1H3,(H2,23,25). The van der Waals surface area contributed by atoms with Crippen molar-refractivity contribution in [1.82, 2.24) is 9.88 Å². The number of aliphatic imine (C=N–C) groups is 1. The zero-order valence-electron chi connectivity index (χ0n) is 14.6. The van der Waals surface area contributed by atoms with Gasteiger partial charge in [0.05, 0.1) is 0 Å². The molecule has 3 aromatic rings. The first kappa shape index (κ1) is 16.9. The number of likely N-dealkylation sites (N-methyl/N-ethyl adjacent to an activating group) is 1. The first-order valence-corrected chi connectivity index (χ1v) is 8.44. The van der Waals surface area contributed by atoms with E-state index in [4.69, 9.17) is 5.73 Å². The number of rotatable bonds is 3. The smallest absolute Gasteiger partial charge is 0.266 e. The number of hydrogen-bond donors (Lipinski definition) is 1. The first-order valence-electron chi connectivity index (χ1n) is 8.44. The number of hydrogen-bond acceptors (Lipinski definition) is 4. The largest absolute Gasteiger partial charge is 0.369 e. The van der Waals surface area contributed by atoms with Gasteiger partial charge in [-0.2, -0.15) is 4.39 Å². The quantitative estimate of drug-likeness (QED) is 0.730. The minimum atomic E-state index is -1.25. The number of aromatic nitrogens is 1. The van der Waals surface area contributed by atoms with E-state index in [1.807, 2.05) is 54.6 Å². The van der Waals surface area contributed by atoms with E-state index < -0.39 is 11.5 Å². The molecule has 1 amide bonds. The Morgan fingerprint density at radius 1 is 0.963 bits per heavy atom. The second-order valence-electron chi connectivity index (χ2n) is 6.36. The Bertz CT molecular complexity index is 1030. The fourth-order valence-electron chi connectivity index (χ4n) is 3.33. The van der Waals surface area contributed by atoms with Crippen molar-refractivity contribution in [2.75, 3.05) is 7.05 Å². The lowest BCUT2D eigenvalue weighted by molar-refractivity contribution is -0.129. The average molecular weight is 360 g/mol. The number of nitrogens with zero attached hydrogens (tertiary/aromatic N) is 3. The molecule has 134 valence electrons. The number of nitrogens with two attached hydrogens (primary N) is 1. The Morgan fingerprint density at radius 2 is 1.70 bits per heavy atom. The van der Waals surface area contributed by atoms with Gasteiger partial charge in [0.15, 0.2) is 11.5 Å². The number of carbonyl (C=O) groups is 1. The predicted octanol–water partition coefficient (Wildman–Crippen LogP) is 2.92. The maximum absolute atomic E-state index is 13.2. The lowest BCUT2D eigenvalue weighted by Crippen LogP contribution is -2.41. The summed E-state index contributed by atoms with van der Waals surface area (Å²) in [6.07, 6.45) is 1.46. The third-order valence-electron chi connectivity index (χ3n) is 4.77. The van der Waals surface area contributed by atoms with Crippen LogP contribution < -0.4 is 5.73 Å². The van der Waals surface area contributed by atoms with Gasteiger partial charge >= 0.3 is 0 Å². The number of guanidine groups is 1. The van der Waals surface area contributed by atoms with E-state index in [-0.39, 0.29) is 11.9 Å². The highest BCUT2D eigenvalue weighted by molar-refractivity contribution is 6.09. The predicted molar refractivity (Wildman–Crippen MR) is 101 cm³/mol. The number of benzene rings is 2. The molecule has 4 rings (SSSR count). The van der Waals surface area contributed by atoms with Crippen molar-refractivity contribution in [1.29, 1.82) is 0 Å². The molecule has 1 aliphatic rings. The van der Waals surface area contributed by atoms with E-state index in [0.29, 0.717) is 5.56 Å².